The maximum atomic E-state index is 12.2. The lowest BCUT2D eigenvalue weighted by Crippen LogP contribution is -2.34. The summed E-state index contributed by atoms with van der Waals surface area (Å²) < 4.78 is 30.8. The lowest BCUT2D eigenvalue weighted by molar-refractivity contribution is -0.396. The van der Waals surface area contributed by atoms with Gasteiger partial charge in [0.15, 0.2) is 4.90 Å². The van der Waals surface area contributed by atoms with E-state index in [0.29, 0.717) is 6.07 Å². The Kier molecular flexibility index (Phi) is 5.70. The van der Waals surface area contributed by atoms with E-state index in [1.807, 2.05) is 0 Å². The van der Waals surface area contributed by atoms with Gasteiger partial charge in [-0.05, 0) is 13.0 Å². The van der Waals surface area contributed by atoms with Crippen molar-refractivity contribution >= 4 is 27.4 Å². The average molecular weight is 347 g/mol. The molecule has 0 aliphatic carbocycles. The molecule has 23 heavy (non-hydrogen) atoms. The molecular weight excluding hydrogens is 334 g/mol. The molecule has 12 heteroatoms. The van der Waals surface area contributed by atoms with E-state index in [1.165, 1.54) is 6.92 Å². The van der Waals surface area contributed by atoms with Gasteiger partial charge < -0.3 is 4.74 Å². The average Bonchev–Trinajstić information content (AvgIpc) is 2.45. The summed E-state index contributed by atoms with van der Waals surface area (Å²) in [5.41, 5.74) is -1.55. The largest absolute Gasteiger partial charge is 0.469 e. The number of hydrogen-bond acceptors (Lipinski definition) is 8. The molecule has 1 unspecified atom stereocenters. The molecule has 1 N–H and O–H groups in total. The molecule has 126 valence electrons. The van der Waals surface area contributed by atoms with Crippen molar-refractivity contribution in [3.05, 3.63) is 38.4 Å². The minimum Gasteiger partial charge on any atom is -0.469 e. The Morgan fingerprint density at radius 2 is 1.91 bits per heavy atom. The fraction of sp³-hybridized carbons (Fsp3) is 0.364. The van der Waals surface area contributed by atoms with Crippen LogP contribution in [0.4, 0.5) is 11.4 Å². The van der Waals surface area contributed by atoms with E-state index in [1.54, 1.807) is 0 Å². The summed E-state index contributed by atoms with van der Waals surface area (Å²) in [6.45, 7) is 1.37. The molecule has 0 aliphatic rings. The highest BCUT2D eigenvalue weighted by atomic mass is 32.2. The van der Waals surface area contributed by atoms with Crippen LogP contribution < -0.4 is 4.72 Å². The van der Waals surface area contributed by atoms with Gasteiger partial charge in [-0.25, -0.2) is 13.1 Å². The van der Waals surface area contributed by atoms with Crippen LogP contribution in [0, 0.1) is 20.2 Å². The third-order valence-electron chi connectivity index (χ3n) is 2.70. The monoisotopic (exact) mass is 347 g/mol. The molecule has 11 nitrogen and oxygen atoms in total. The second-order valence-electron chi connectivity index (χ2n) is 4.47. The minimum absolute atomic E-state index is 0.281. The van der Waals surface area contributed by atoms with Gasteiger partial charge >= 0.3 is 5.97 Å². The number of benzene rings is 1. The molecule has 0 saturated heterocycles. The van der Waals surface area contributed by atoms with Gasteiger partial charge in [0, 0.05) is 12.1 Å². The summed E-state index contributed by atoms with van der Waals surface area (Å²) in [5, 5.41) is 21.6. The number of non-ortho nitro benzene ring substituents is 1. The minimum atomic E-state index is -4.35. The Bertz CT molecular complexity index is 746. The molecule has 0 spiro atoms. The van der Waals surface area contributed by atoms with E-state index in [-0.39, 0.29) is 6.42 Å². The van der Waals surface area contributed by atoms with Gasteiger partial charge in [-0.1, -0.05) is 0 Å². The van der Waals surface area contributed by atoms with Crippen LogP contribution in [0.3, 0.4) is 0 Å². The predicted molar refractivity (Wildman–Crippen MR) is 76.2 cm³/mol. The number of rotatable bonds is 7. The van der Waals surface area contributed by atoms with Gasteiger partial charge in [0.05, 0.1) is 29.4 Å². The van der Waals surface area contributed by atoms with Crippen LogP contribution in [-0.2, 0) is 19.6 Å². The van der Waals surface area contributed by atoms with Crippen LogP contribution >= 0.6 is 0 Å². The van der Waals surface area contributed by atoms with Crippen molar-refractivity contribution in [2.45, 2.75) is 24.3 Å². The van der Waals surface area contributed by atoms with Gasteiger partial charge in [-0.2, -0.15) is 0 Å². The maximum Gasteiger partial charge on any atom is 0.307 e. The van der Waals surface area contributed by atoms with Gasteiger partial charge in [0.2, 0.25) is 10.0 Å². The fourth-order valence-electron chi connectivity index (χ4n) is 1.69. The number of carbonyl (C=O) groups is 1. The summed E-state index contributed by atoms with van der Waals surface area (Å²) in [4.78, 5) is 30.1. The normalized spacial score (nSPS) is 12.4. The highest BCUT2D eigenvalue weighted by Gasteiger charge is 2.30. The number of nitrogens with zero attached hydrogens (tertiary/aromatic N) is 2. The summed E-state index contributed by atoms with van der Waals surface area (Å²) in [6, 6.07) is 1.28. The van der Waals surface area contributed by atoms with E-state index >= 15 is 0 Å². The van der Waals surface area contributed by atoms with Crippen molar-refractivity contribution in [1.82, 2.24) is 4.72 Å². The predicted octanol–water partition coefficient (Wildman–Crippen LogP) is 0.733. The van der Waals surface area contributed by atoms with E-state index in [4.69, 9.17) is 0 Å². The number of hydrogen-bond donors (Lipinski definition) is 1. The molecule has 1 rings (SSSR count). The smallest absolute Gasteiger partial charge is 0.307 e. The van der Waals surface area contributed by atoms with Crippen LogP contribution in [-0.4, -0.2) is 37.4 Å². The van der Waals surface area contributed by atoms with Crippen molar-refractivity contribution in [3.8, 4) is 0 Å². The summed E-state index contributed by atoms with van der Waals surface area (Å²) in [6.07, 6.45) is -0.281. The highest BCUT2D eigenvalue weighted by Crippen LogP contribution is 2.28. The van der Waals surface area contributed by atoms with Crippen molar-refractivity contribution in [1.29, 1.82) is 0 Å². The number of ether oxygens (including phenoxy) is 1. The molecule has 0 bridgehead atoms. The number of nitro benzene ring substituents is 2. The molecule has 1 atom stereocenters. The molecule has 1 aromatic carbocycles. The van der Waals surface area contributed by atoms with E-state index in [2.05, 4.69) is 9.46 Å². The molecule has 0 amide bonds. The van der Waals surface area contributed by atoms with Crippen LogP contribution in [0.15, 0.2) is 23.1 Å². The third kappa shape index (κ3) is 4.69. The van der Waals surface area contributed by atoms with E-state index in [0.717, 1.165) is 19.2 Å². The SMILES string of the molecule is COC(=O)CC(C)NS(=O)(=O)c1ccc([N+](=O)[O-])cc1[N+](=O)[O-]. The first-order valence-corrected chi connectivity index (χ1v) is 7.58. The van der Waals surface area contributed by atoms with Crippen molar-refractivity contribution < 1.29 is 27.8 Å². The van der Waals surface area contributed by atoms with Gasteiger partial charge in [0.25, 0.3) is 11.4 Å². The Hall–Kier alpha value is -2.60. The zero-order valence-corrected chi connectivity index (χ0v) is 12.9. The molecule has 0 fully saturated rings. The fourth-order valence-corrected chi connectivity index (χ4v) is 3.09. The highest BCUT2D eigenvalue weighted by molar-refractivity contribution is 7.89. The van der Waals surface area contributed by atoms with Gasteiger partial charge in [0.1, 0.15) is 0 Å². The lowest BCUT2D eigenvalue weighted by atomic mass is 10.3. The number of esters is 1. The maximum absolute atomic E-state index is 12.2. The quantitative estimate of drug-likeness (QED) is 0.429. The number of nitro groups is 2. The van der Waals surface area contributed by atoms with Crippen LogP contribution in [0.1, 0.15) is 13.3 Å². The summed E-state index contributed by atoms with van der Waals surface area (Å²) in [5.74, 6) is -0.668. The Labute approximate surface area is 130 Å². The van der Waals surface area contributed by atoms with Crippen LogP contribution in [0.25, 0.3) is 0 Å². The van der Waals surface area contributed by atoms with Crippen molar-refractivity contribution in [2.24, 2.45) is 0 Å². The van der Waals surface area contributed by atoms with Crippen LogP contribution in [0.2, 0.25) is 0 Å². The molecule has 0 heterocycles. The first-order valence-electron chi connectivity index (χ1n) is 6.10. The van der Waals surface area contributed by atoms with Crippen LogP contribution in [0.5, 0.6) is 0 Å². The zero-order valence-electron chi connectivity index (χ0n) is 12.1. The first-order chi connectivity index (χ1) is 10.6. The second-order valence-corrected chi connectivity index (χ2v) is 6.15. The molecule has 1 aromatic rings. The number of sulfonamides is 1. The second kappa shape index (κ2) is 7.11. The summed E-state index contributed by atoms with van der Waals surface area (Å²) >= 11 is 0. The van der Waals surface area contributed by atoms with Gasteiger partial charge in [-0.15, -0.1) is 0 Å². The zero-order chi connectivity index (χ0) is 17.8. The van der Waals surface area contributed by atoms with Crippen molar-refractivity contribution in [3.63, 3.8) is 0 Å². The molecule has 0 saturated carbocycles. The Morgan fingerprint density at radius 3 is 2.39 bits per heavy atom. The molecule has 0 aromatic heterocycles. The number of carbonyl (C=O) groups excluding carboxylic acids is 1. The molecule has 0 aliphatic heterocycles. The molecular formula is C11H13N3O8S. The standard InChI is InChI=1S/C11H13N3O8S/c1-7(5-11(15)22-2)12-23(20,21)10-4-3-8(13(16)17)6-9(10)14(18)19/h3-4,6-7,12H,5H2,1-2H3. The molecule has 0 radical (unpaired) electrons. The topological polar surface area (TPSA) is 159 Å². The lowest BCUT2D eigenvalue weighted by Gasteiger charge is -2.13. The Morgan fingerprint density at radius 1 is 1.30 bits per heavy atom. The summed E-state index contributed by atoms with van der Waals surface area (Å²) in [7, 11) is -3.22. The number of methoxy groups -OCH3 is 1. The van der Waals surface area contributed by atoms with Gasteiger partial charge in [-0.3, -0.25) is 25.0 Å². The van der Waals surface area contributed by atoms with E-state index in [9.17, 15) is 33.4 Å². The first kappa shape index (κ1) is 18.4. The van der Waals surface area contributed by atoms with E-state index < -0.39 is 48.2 Å². The Balaban J connectivity index is 3.20. The third-order valence-corrected chi connectivity index (χ3v) is 4.33. The van der Waals surface area contributed by atoms with Crippen molar-refractivity contribution in [2.75, 3.05) is 7.11 Å². The number of nitrogens with one attached hydrogen (secondary N) is 1.